The number of amides is 1. The fourth-order valence-corrected chi connectivity index (χ4v) is 3.00. The molecule has 1 N–H and O–H groups in total. The molecular weight excluding hydrogens is 384 g/mol. The molecule has 0 aliphatic rings. The van der Waals surface area contributed by atoms with Crippen molar-refractivity contribution in [3.05, 3.63) is 56.7 Å². The molecule has 0 atom stereocenters. The van der Waals surface area contributed by atoms with Crippen molar-refractivity contribution in [3.63, 3.8) is 0 Å². The fraction of sp³-hybridized carbons (Fsp3) is 0.200. The van der Waals surface area contributed by atoms with Crippen LogP contribution in [0.5, 0.6) is 0 Å². The number of nitrogens with zero attached hydrogens (tertiary/aromatic N) is 1. The Labute approximate surface area is 135 Å². The van der Waals surface area contributed by atoms with Crippen LogP contribution >= 0.6 is 31.9 Å². The molecule has 0 spiro atoms. The van der Waals surface area contributed by atoms with Crippen molar-refractivity contribution < 1.29 is 9.36 Å². The van der Waals surface area contributed by atoms with Gasteiger partial charge in [0.25, 0.3) is 5.91 Å². The zero-order valence-corrected chi connectivity index (χ0v) is 14.5. The van der Waals surface area contributed by atoms with E-state index in [0.717, 1.165) is 20.3 Å². The van der Waals surface area contributed by atoms with Gasteiger partial charge in [-0.05, 0) is 47.1 Å². The first-order valence-electron chi connectivity index (χ1n) is 6.18. The number of hydrogen-bond acceptors (Lipinski definition) is 1. The van der Waals surface area contributed by atoms with Crippen molar-refractivity contribution in [3.8, 4) is 0 Å². The third kappa shape index (κ3) is 3.67. The van der Waals surface area contributed by atoms with Crippen LogP contribution in [0.15, 0.2) is 45.5 Å². The van der Waals surface area contributed by atoms with E-state index in [1.807, 2.05) is 54.9 Å². The van der Waals surface area contributed by atoms with E-state index in [4.69, 9.17) is 0 Å². The van der Waals surface area contributed by atoms with Gasteiger partial charge < -0.3 is 5.32 Å². The van der Waals surface area contributed by atoms with E-state index in [1.54, 1.807) is 0 Å². The van der Waals surface area contributed by atoms with Gasteiger partial charge in [0.15, 0.2) is 11.9 Å². The first kappa shape index (κ1) is 15.2. The number of carbonyl (C=O) groups excluding carboxylic acids is 1. The van der Waals surface area contributed by atoms with Gasteiger partial charge in [-0.1, -0.05) is 15.9 Å². The number of rotatable bonds is 3. The average Bonchev–Trinajstić information content (AvgIpc) is 2.38. The Hall–Kier alpha value is -1.20. The number of aromatic nitrogens is 1. The Morgan fingerprint density at radius 1 is 1.25 bits per heavy atom. The summed E-state index contributed by atoms with van der Waals surface area (Å²) < 4.78 is 3.76. The van der Waals surface area contributed by atoms with E-state index in [2.05, 4.69) is 37.2 Å². The lowest BCUT2D eigenvalue weighted by Crippen LogP contribution is -2.43. The van der Waals surface area contributed by atoms with Crippen LogP contribution in [-0.4, -0.2) is 5.91 Å². The first-order chi connectivity index (χ1) is 9.47. The standard InChI is InChI=1S/C15H14Br2N2O/c1-10-4-3-7-19(11(10)2)9-15(20)18-14-6-5-12(16)8-13(14)17/h3-8H,9H2,1-2H3/p+1. The summed E-state index contributed by atoms with van der Waals surface area (Å²) >= 11 is 6.82. The lowest BCUT2D eigenvalue weighted by molar-refractivity contribution is -0.690. The molecule has 1 aromatic heterocycles. The topological polar surface area (TPSA) is 33.0 Å². The molecule has 0 saturated carbocycles. The Kier molecular flexibility index (Phi) is 4.94. The zero-order chi connectivity index (χ0) is 14.7. The molecule has 5 heteroatoms. The normalized spacial score (nSPS) is 10.4. The van der Waals surface area contributed by atoms with E-state index in [9.17, 15) is 4.79 Å². The third-order valence-electron chi connectivity index (χ3n) is 3.13. The van der Waals surface area contributed by atoms with Crippen molar-refractivity contribution in [2.45, 2.75) is 20.4 Å². The van der Waals surface area contributed by atoms with Gasteiger partial charge in [0.05, 0.1) is 5.69 Å². The second kappa shape index (κ2) is 6.50. The van der Waals surface area contributed by atoms with Gasteiger partial charge in [0, 0.05) is 27.5 Å². The number of aryl methyl sites for hydroxylation is 1. The van der Waals surface area contributed by atoms with Gasteiger partial charge in [0.1, 0.15) is 0 Å². The fourth-order valence-electron chi connectivity index (χ4n) is 1.86. The number of pyridine rings is 1. The van der Waals surface area contributed by atoms with Crippen LogP contribution in [0.1, 0.15) is 11.3 Å². The summed E-state index contributed by atoms with van der Waals surface area (Å²) in [5, 5.41) is 2.91. The highest BCUT2D eigenvalue weighted by atomic mass is 79.9. The Morgan fingerprint density at radius 2 is 2.00 bits per heavy atom. The van der Waals surface area contributed by atoms with Crippen LogP contribution in [0.2, 0.25) is 0 Å². The molecule has 1 amide bonds. The van der Waals surface area contributed by atoms with Crippen molar-refractivity contribution in [1.29, 1.82) is 0 Å². The molecule has 20 heavy (non-hydrogen) atoms. The summed E-state index contributed by atoms with van der Waals surface area (Å²) in [6, 6.07) is 9.64. The van der Waals surface area contributed by atoms with Crippen LogP contribution in [-0.2, 0) is 11.3 Å². The van der Waals surface area contributed by atoms with Gasteiger partial charge in [-0.15, -0.1) is 0 Å². The Bertz CT molecular complexity index is 656. The summed E-state index contributed by atoms with van der Waals surface area (Å²) in [7, 11) is 0. The smallest absolute Gasteiger partial charge is 0.290 e. The summed E-state index contributed by atoms with van der Waals surface area (Å²) in [5.41, 5.74) is 3.03. The third-order valence-corrected chi connectivity index (χ3v) is 4.28. The molecule has 0 bridgehead atoms. The number of nitrogens with one attached hydrogen (secondary N) is 1. The maximum absolute atomic E-state index is 12.1. The maximum atomic E-state index is 12.1. The number of halogens is 2. The molecule has 0 aliphatic carbocycles. The van der Waals surface area contributed by atoms with E-state index in [0.29, 0.717) is 6.54 Å². The summed E-state index contributed by atoms with van der Waals surface area (Å²) in [6.07, 6.45) is 1.92. The molecule has 0 fully saturated rings. The van der Waals surface area contributed by atoms with Crippen molar-refractivity contribution in [2.75, 3.05) is 5.32 Å². The van der Waals surface area contributed by atoms with Crippen LogP contribution in [0, 0.1) is 13.8 Å². The summed E-state index contributed by atoms with van der Waals surface area (Å²) in [5.74, 6) is -0.0493. The van der Waals surface area contributed by atoms with Gasteiger partial charge in [-0.2, -0.15) is 4.57 Å². The number of carbonyl (C=O) groups is 1. The van der Waals surface area contributed by atoms with Crippen LogP contribution < -0.4 is 9.88 Å². The highest BCUT2D eigenvalue weighted by Crippen LogP contribution is 2.25. The van der Waals surface area contributed by atoms with Gasteiger partial charge >= 0.3 is 0 Å². The number of anilines is 1. The molecule has 1 heterocycles. The minimum Gasteiger partial charge on any atom is -0.320 e. The van der Waals surface area contributed by atoms with E-state index >= 15 is 0 Å². The molecule has 3 nitrogen and oxygen atoms in total. The summed E-state index contributed by atoms with van der Waals surface area (Å²) in [4.78, 5) is 12.1. The van der Waals surface area contributed by atoms with Crippen LogP contribution in [0.3, 0.4) is 0 Å². The highest BCUT2D eigenvalue weighted by molar-refractivity contribution is 9.11. The Balaban J connectivity index is 2.11. The van der Waals surface area contributed by atoms with Crippen LogP contribution in [0.25, 0.3) is 0 Å². The second-order valence-corrected chi connectivity index (χ2v) is 6.35. The van der Waals surface area contributed by atoms with Gasteiger partial charge in [0.2, 0.25) is 6.54 Å². The largest absolute Gasteiger partial charge is 0.320 e. The highest BCUT2D eigenvalue weighted by Gasteiger charge is 2.14. The van der Waals surface area contributed by atoms with Crippen molar-refractivity contribution >= 4 is 43.5 Å². The van der Waals surface area contributed by atoms with Crippen LogP contribution in [0.4, 0.5) is 5.69 Å². The monoisotopic (exact) mass is 397 g/mol. The molecule has 1 aromatic carbocycles. The molecule has 0 radical (unpaired) electrons. The van der Waals surface area contributed by atoms with E-state index in [-0.39, 0.29) is 5.91 Å². The van der Waals surface area contributed by atoms with Gasteiger partial charge in [-0.25, -0.2) is 0 Å². The summed E-state index contributed by atoms with van der Waals surface area (Å²) in [6.45, 7) is 4.35. The lowest BCUT2D eigenvalue weighted by atomic mass is 10.2. The minimum absolute atomic E-state index is 0.0493. The van der Waals surface area contributed by atoms with Gasteiger partial charge in [-0.3, -0.25) is 4.79 Å². The SMILES string of the molecule is Cc1ccc[n+](CC(=O)Nc2ccc(Br)cc2Br)c1C. The first-order valence-corrected chi connectivity index (χ1v) is 7.76. The molecule has 104 valence electrons. The lowest BCUT2D eigenvalue weighted by Gasteiger charge is -2.07. The average molecular weight is 399 g/mol. The van der Waals surface area contributed by atoms with E-state index < -0.39 is 0 Å². The molecule has 0 unspecified atom stereocenters. The molecule has 0 saturated heterocycles. The second-order valence-electron chi connectivity index (χ2n) is 4.58. The molecule has 2 aromatic rings. The zero-order valence-electron chi connectivity index (χ0n) is 11.3. The van der Waals surface area contributed by atoms with E-state index in [1.165, 1.54) is 5.56 Å². The number of benzene rings is 1. The molecule has 0 aliphatic heterocycles. The van der Waals surface area contributed by atoms with Crippen molar-refractivity contribution in [2.24, 2.45) is 0 Å². The molecule has 2 rings (SSSR count). The molecular formula is C15H15Br2N2O+. The predicted octanol–water partition coefficient (Wildman–Crippen LogP) is 3.75. The van der Waals surface area contributed by atoms with Crippen molar-refractivity contribution in [1.82, 2.24) is 0 Å². The quantitative estimate of drug-likeness (QED) is 0.784. The maximum Gasteiger partial charge on any atom is 0.290 e. The minimum atomic E-state index is -0.0493. The number of hydrogen-bond donors (Lipinski definition) is 1. The predicted molar refractivity (Wildman–Crippen MR) is 86.6 cm³/mol. The Morgan fingerprint density at radius 3 is 2.70 bits per heavy atom.